The van der Waals surface area contributed by atoms with Crippen molar-refractivity contribution >= 4 is 22.8 Å². The molecule has 5 aromatic carbocycles. The van der Waals surface area contributed by atoms with Gasteiger partial charge in [0.05, 0.1) is 22.8 Å². The standard InChI is InChI=1S/C39H30N4/c1-39(2)32-17-9-11-19-34(32)43(35-20-12-10-18-33(35)39)31-23-21-27(22-24-31)30-25-40-38-41-36(28-13-5-3-6-14-28)37(42(38)26-30)29-15-7-4-8-16-29/h3-26H,1-2H3. The molecule has 43 heavy (non-hydrogen) atoms. The van der Waals surface area contributed by atoms with Gasteiger partial charge in [-0.1, -0.05) is 123 Å². The number of imidazole rings is 1. The molecule has 0 N–H and O–H groups in total. The summed E-state index contributed by atoms with van der Waals surface area (Å²) in [6, 6.07) is 47.1. The molecule has 3 heterocycles. The van der Waals surface area contributed by atoms with Crippen LogP contribution in [0.2, 0.25) is 0 Å². The Morgan fingerprint density at radius 1 is 0.535 bits per heavy atom. The molecular weight excluding hydrogens is 524 g/mol. The smallest absolute Gasteiger partial charge is 0.234 e. The average Bonchev–Trinajstić information content (AvgIpc) is 3.45. The number of anilines is 3. The molecule has 0 bridgehead atoms. The molecule has 0 saturated heterocycles. The molecule has 0 saturated carbocycles. The summed E-state index contributed by atoms with van der Waals surface area (Å²) in [6.45, 7) is 4.63. The van der Waals surface area contributed by atoms with E-state index in [0.29, 0.717) is 5.78 Å². The van der Waals surface area contributed by atoms with Gasteiger partial charge in [-0.05, 0) is 41.0 Å². The maximum absolute atomic E-state index is 4.97. The van der Waals surface area contributed by atoms with E-state index >= 15 is 0 Å². The van der Waals surface area contributed by atoms with Gasteiger partial charge < -0.3 is 4.90 Å². The molecule has 0 amide bonds. The molecule has 2 aromatic heterocycles. The zero-order chi connectivity index (χ0) is 29.0. The number of nitrogens with zero attached hydrogens (tertiary/aromatic N) is 4. The third-order valence-electron chi connectivity index (χ3n) is 8.67. The fraction of sp³-hybridized carbons (Fsp3) is 0.0769. The molecule has 0 aliphatic carbocycles. The molecule has 4 nitrogen and oxygen atoms in total. The van der Waals surface area contributed by atoms with Crippen molar-refractivity contribution in [2.75, 3.05) is 4.90 Å². The van der Waals surface area contributed by atoms with E-state index in [1.807, 2.05) is 18.3 Å². The topological polar surface area (TPSA) is 33.4 Å². The van der Waals surface area contributed by atoms with E-state index < -0.39 is 0 Å². The maximum Gasteiger partial charge on any atom is 0.234 e. The van der Waals surface area contributed by atoms with Crippen LogP contribution in [0.25, 0.3) is 39.4 Å². The van der Waals surface area contributed by atoms with E-state index in [2.05, 4.69) is 151 Å². The molecule has 1 aliphatic heterocycles. The Bertz CT molecular complexity index is 2040. The minimum absolute atomic E-state index is 0.0788. The number of hydrogen-bond acceptors (Lipinski definition) is 3. The van der Waals surface area contributed by atoms with Crippen molar-refractivity contribution in [1.82, 2.24) is 14.4 Å². The Hall–Kier alpha value is -5.48. The van der Waals surface area contributed by atoms with Gasteiger partial charge in [-0.2, -0.15) is 0 Å². The van der Waals surface area contributed by atoms with Crippen LogP contribution < -0.4 is 4.90 Å². The molecule has 0 spiro atoms. The van der Waals surface area contributed by atoms with Gasteiger partial charge in [0.15, 0.2) is 0 Å². The van der Waals surface area contributed by atoms with Crippen LogP contribution in [0.1, 0.15) is 25.0 Å². The van der Waals surface area contributed by atoms with Crippen molar-refractivity contribution < 1.29 is 0 Å². The summed E-state index contributed by atoms with van der Waals surface area (Å²) in [5, 5.41) is 0. The normalized spacial score (nSPS) is 13.5. The number of para-hydroxylation sites is 2. The predicted molar refractivity (Wildman–Crippen MR) is 176 cm³/mol. The molecule has 0 atom stereocenters. The Balaban J connectivity index is 1.24. The summed E-state index contributed by atoms with van der Waals surface area (Å²) < 4.78 is 2.13. The van der Waals surface area contributed by atoms with E-state index in [-0.39, 0.29) is 5.41 Å². The Kier molecular flexibility index (Phi) is 5.76. The maximum atomic E-state index is 4.97. The first-order valence-electron chi connectivity index (χ1n) is 14.7. The van der Waals surface area contributed by atoms with Crippen LogP contribution in [0.3, 0.4) is 0 Å². The zero-order valence-electron chi connectivity index (χ0n) is 24.1. The highest BCUT2D eigenvalue weighted by Crippen LogP contribution is 2.51. The van der Waals surface area contributed by atoms with Crippen molar-refractivity contribution in [3.8, 4) is 33.6 Å². The fourth-order valence-corrected chi connectivity index (χ4v) is 6.50. The van der Waals surface area contributed by atoms with E-state index in [4.69, 9.17) is 9.97 Å². The fourth-order valence-electron chi connectivity index (χ4n) is 6.50. The number of fused-ring (bicyclic) bond motifs is 3. The lowest BCUT2D eigenvalue weighted by Gasteiger charge is -2.42. The first-order chi connectivity index (χ1) is 21.1. The quantitative estimate of drug-likeness (QED) is 0.217. The van der Waals surface area contributed by atoms with Gasteiger partial charge in [-0.25, -0.2) is 9.97 Å². The number of hydrogen-bond donors (Lipinski definition) is 0. The molecule has 0 fully saturated rings. The van der Waals surface area contributed by atoms with Crippen LogP contribution in [0.5, 0.6) is 0 Å². The Morgan fingerprint density at radius 2 is 1.09 bits per heavy atom. The molecule has 0 unspecified atom stereocenters. The van der Waals surface area contributed by atoms with Gasteiger partial charge >= 0.3 is 0 Å². The monoisotopic (exact) mass is 554 g/mol. The largest absolute Gasteiger partial charge is 0.310 e. The van der Waals surface area contributed by atoms with Crippen LogP contribution >= 0.6 is 0 Å². The first kappa shape index (κ1) is 25.2. The lowest BCUT2D eigenvalue weighted by atomic mass is 9.73. The second-order valence-electron chi connectivity index (χ2n) is 11.6. The van der Waals surface area contributed by atoms with Crippen LogP contribution in [-0.4, -0.2) is 14.4 Å². The van der Waals surface area contributed by atoms with Crippen molar-refractivity contribution in [2.24, 2.45) is 0 Å². The molecule has 7 aromatic rings. The third kappa shape index (κ3) is 4.06. The second-order valence-corrected chi connectivity index (χ2v) is 11.6. The summed E-state index contributed by atoms with van der Waals surface area (Å²) in [6.07, 6.45) is 4.09. The van der Waals surface area contributed by atoms with Crippen LogP contribution in [0.15, 0.2) is 146 Å². The van der Waals surface area contributed by atoms with Gasteiger partial charge in [-0.3, -0.25) is 4.40 Å². The highest BCUT2D eigenvalue weighted by Gasteiger charge is 2.36. The average molecular weight is 555 g/mol. The summed E-state index contributed by atoms with van der Waals surface area (Å²) in [7, 11) is 0. The van der Waals surface area contributed by atoms with Gasteiger partial charge in [0.25, 0.3) is 0 Å². The number of benzene rings is 5. The third-order valence-corrected chi connectivity index (χ3v) is 8.67. The number of rotatable bonds is 4. The van der Waals surface area contributed by atoms with Crippen molar-refractivity contribution in [3.05, 3.63) is 157 Å². The van der Waals surface area contributed by atoms with Crippen molar-refractivity contribution in [2.45, 2.75) is 19.3 Å². The summed E-state index contributed by atoms with van der Waals surface area (Å²) in [4.78, 5) is 12.2. The van der Waals surface area contributed by atoms with Gasteiger partial charge in [0, 0.05) is 40.2 Å². The molecule has 4 heteroatoms. The molecule has 0 radical (unpaired) electrons. The van der Waals surface area contributed by atoms with Crippen LogP contribution in [0.4, 0.5) is 17.1 Å². The second kappa shape index (κ2) is 9.81. The minimum Gasteiger partial charge on any atom is -0.310 e. The highest BCUT2D eigenvalue weighted by molar-refractivity contribution is 5.87. The summed E-state index contributed by atoms with van der Waals surface area (Å²) in [5.74, 6) is 0.683. The molecule has 206 valence electrons. The SMILES string of the molecule is CC1(C)c2ccccc2N(c2ccc(-c3cnc4nc(-c5ccccc5)c(-c5ccccc5)n4c3)cc2)c2ccccc21. The zero-order valence-corrected chi connectivity index (χ0v) is 24.1. The Morgan fingerprint density at radius 3 is 1.72 bits per heavy atom. The Labute approximate surface area is 251 Å². The van der Waals surface area contributed by atoms with Gasteiger partial charge in [0.2, 0.25) is 5.78 Å². The summed E-state index contributed by atoms with van der Waals surface area (Å²) >= 11 is 0. The van der Waals surface area contributed by atoms with Gasteiger partial charge in [-0.15, -0.1) is 0 Å². The first-order valence-corrected chi connectivity index (χ1v) is 14.7. The predicted octanol–water partition coefficient (Wildman–Crippen LogP) is 9.84. The van der Waals surface area contributed by atoms with Crippen molar-refractivity contribution in [1.29, 1.82) is 0 Å². The summed E-state index contributed by atoms with van der Waals surface area (Å²) in [5.41, 5.74) is 12.4. The van der Waals surface area contributed by atoms with Crippen molar-refractivity contribution in [3.63, 3.8) is 0 Å². The molecular formula is C39H30N4. The van der Waals surface area contributed by atoms with E-state index in [1.54, 1.807) is 0 Å². The lowest BCUT2D eigenvalue weighted by molar-refractivity contribution is 0.632. The van der Waals surface area contributed by atoms with Gasteiger partial charge in [0.1, 0.15) is 0 Å². The van der Waals surface area contributed by atoms with E-state index in [9.17, 15) is 0 Å². The molecule has 1 aliphatic rings. The van der Waals surface area contributed by atoms with Crippen LogP contribution in [0, 0.1) is 0 Å². The van der Waals surface area contributed by atoms with Crippen LogP contribution in [-0.2, 0) is 5.41 Å². The van der Waals surface area contributed by atoms with E-state index in [1.165, 1.54) is 22.5 Å². The molecule has 8 rings (SSSR count). The minimum atomic E-state index is -0.0788. The lowest BCUT2D eigenvalue weighted by Crippen LogP contribution is -2.30. The number of aromatic nitrogens is 3. The van der Waals surface area contributed by atoms with E-state index in [0.717, 1.165) is 39.3 Å². The highest BCUT2D eigenvalue weighted by atomic mass is 15.2.